The summed E-state index contributed by atoms with van der Waals surface area (Å²) in [7, 11) is 0. The van der Waals surface area contributed by atoms with Gasteiger partial charge in [0.15, 0.2) is 0 Å². The Balaban J connectivity index is 3.63. The number of hydrogen-bond donors (Lipinski definition) is 0. The maximum absolute atomic E-state index is 2.45. The van der Waals surface area contributed by atoms with Gasteiger partial charge in [-0.15, -0.1) is 0 Å². The summed E-state index contributed by atoms with van der Waals surface area (Å²) in [6, 6.07) is 0. The van der Waals surface area contributed by atoms with Crippen molar-refractivity contribution in [3.63, 3.8) is 0 Å². The van der Waals surface area contributed by atoms with Crippen LogP contribution in [0.15, 0.2) is 0 Å². The summed E-state index contributed by atoms with van der Waals surface area (Å²) in [5.74, 6) is 0.883. The van der Waals surface area contributed by atoms with Gasteiger partial charge in [0, 0.05) is 0 Å². The molecule has 0 heterocycles. The minimum absolute atomic E-state index is 0.558. The molecule has 0 aromatic rings. The molecule has 0 aromatic heterocycles. The maximum Gasteiger partial charge on any atom is -0.0329 e. The molecule has 0 radical (unpaired) electrons. The highest BCUT2D eigenvalue weighted by atomic mass is 14.3. The van der Waals surface area contributed by atoms with E-state index < -0.39 is 0 Å². The van der Waals surface area contributed by atoms with Gasteiger partial charge in [-0.25, -0.2) is 0 Å². The molecule has 0 saturated carbocycles. The van der Waals surface area contributed by atoms with E-state index in [1.807, 2.05) is 0 Å². The van der Waals surface area contributed by atoms with E-state index in [1.54, 1.807) is 0 Å². The van der Waals surface area contributed by atoms with E-state index >= 15 is 0 Å². The monoisotopic (exact) mass is 212 g/mol. The molecule has 0 nitrogen and oxygen atoms in total. The predicted octanol–water partition coefficient (Wildman–Crippen LogP) is 5.81. The highest BCUT2D eigenvalue weighted by molar-refractivity contribution is 4.74. The van der Waals surface area contributed by atoms with E-state index in [0.29, 0.717) is 5.41 Å². The van der Waals surface area contributed by atoms with Gasteiger partial charge in [-0.3, -0.25) is 0 Å². The Bertz CT molecular complexity index is 135. The van der Waals surface area contributed by atoms with Gasteiger partial charge >= 0.3 is 0 Å². The van der Waals surface area contributed by atoms with Crippen LogP contribution in [-0.4, -0.2) is 0 Å². The van der Waals surface area contributed by atoms with Crippen LogP contribution >= 0.6 is 0 Å². The van der Waals surface area contributed by atoms with Crippen molar-refractivity contribution >= 4 is 0 Å². The summed E-state index contributed by atoms with van der Waals surface area (Å²) in [5, 5.41) is 0. The van der Waals surface area contributed by atoms with Gasteiger partial charge in [-0.1, -0.05) is 79.6 Å². The fourth-order valence-corrected chi connectivity index (χ4v) is 2.25. The second kappa shape index (κ2) is 8.19. The van der Waals surface area contributed by atoms with Crippen LogP contribution in [0.3, 0.4) is 0 Å². The predicted molar refractivity (Wildman–Crippen MR) is 71.2 cm³/mol. The topological polar surface area (TPSA) is 0 Å². The smallest absolute Gasteiger partial charge is 0.0329 e. The second-order valence-corrected chi connectivity index (χ2v) is 5.84. The second-order valence-electron chi connectivity index (χ2n) is 5.84. The van der Waals surface area contributed by atoms with Gasteiger partial charge in [0.05, 0.1) is 0 Å². The van der Waals surface area contributed by atoms with Crippen LogP contribution in [0.1, 0.15) is 86.0 Å². The van der Waals surface area contributed by atoms with E-state index in [-0.39, 0.29) is 0 Å². The van der Waals surface area contributed by atoms with Gasteiger partial charge in [-0.05, 0) is 17.8 Å². The third kappa shape index (κ3) is 6.98. The van der Waals surface area contributed by atoms with Gasteiger partial charge in [0.25, 0.3) is 0 Å². The first kappa shape index (κ1) is 15.0. The first-order valence-corrected chi connectivity index (χ1v) is 7.04. The average Bonchev–Trinajstić information content (AvgIpc) is 2.18. The quantitative estimate of drug-likeness (QED) is 0.423. The minimum atomic E-state index is 0.558. The van der Waals surface area contributed by atoms with Crippen molar-refractivity contribution in [3.8, 4) is 0 Å². The largest absolute Gasteiger partial charge is 0.0654 e. The Hall–Kier alpha value is 0. The van der Waals surface area contributed by atoms with E-state index in [1.165, 1.54) is 51.4 Å². The Morgan fingerprint density at radius 2 is 1.47 bits per heavy atom. The SMILES string of the molecule is CCCCCCCC(C)(C)C(C)CCC. The van der Waals surface area contributed by atoms with E-state index in [0.717, 1.165) is 5.92 Å². The Kier molecular flexibility index (Phi) is 8.19. The summed E-state index contributed by atoms with van der Waals surface area (Å²) in [6.45, 7) is 11.9. The molecule has 0 bridgehead atoms. The third-order valence-electron chi connectivity index (χ3n) is 3.98. The highest BCUT2D eigenvalue weighted by Gasteiger charge is 2.24. The lowest BCUT2D eigenvalue weighted by atomic mass is 9.74. The van der Waals surface area contributed by atoms with Crippen LogP contribution in [0.4, 0.5) is 0 Å². The van der Waals surface area contributed by atoms with Crippen molar-refractivity contribution in [2.75, 3.05) is 0 Å². The van der Waals surface area contributed by atoms with Crippen molar-refractivity contribution in [3.05, 3.63) is 0 Å². The molecule has 0 aliphatic carbocycles. The number of unbranched alkanes of at least 4 members (excludes halogenated alkanes) is 4. The van der Waals surface area contributed by atoms with Crippen LogP contribution in [-0.2, 0) is 0 Å². The lowest BCUT2D eigenvalue weighted by Gasteiger charge is -2.32. The molecule has 0 aliphatic rings. The molecule has 0 rings (SSSR count). The van der Waals surface area contributed by atoms with Gasteiger partial charge in [0.1, 0.15) is 0 Å². The van der Waals surface area contributed by atoms with Gasteiger partial charge in [-0.2, -0.15) is 0 Å². The van der Waals surface area contributed by atoms with Crippen LogP contribution in [0.5, 0.6) is 0 Å². The lowest BCUT2D eigenvalue weighted by Crippen LogP contribution is -2.21. The fraction of sp³-hybridized carbons (Fsp3) is 1.00. The summed E-state index contributed by atoms with van der Waals surface area (Å²) in [6.07, 6.45) is 11.2. The first-order chi connectivity index (χ1) is 7.04. The summed E-state index contributed by atoms with van der Waals surface area (Å²) < 4.78 is 0. The molecule has 0 spiro atoms. The molecule has 0 saturated heterocycles. The normalized spacial score (nSPS) is 14.2. The molecule has 92 valence electrons. The van der Waals surface area contributed by atoms with Crippen molar-refractivity contribution in [1.29, 1.82) is 0 Å². The molecule has 15 heavy (non-hydrogen) atoms. The van der Waals surface area contributed by atoms with Crippen LogP contribution in [0.25, 0.3) is 0 Å². The molecular weight excluding hydrogens is 180 g/mol. The molecule has 1 atom stereocenters. The van der Waals surface area contributed by atoms with Crippen molar-refractivity contribution in [1.82, 2.24) is 0 Å². The van der Waals surface area contributed by atoms with Crippen LogP contribution in [0, 0.1) is 11.3 Å². The summed E-state index contributed by atoms with van der Waals surface area (Å²) in [5.41, 5.74) is 0.558. The maximum atomic E-state index is 2.45. The zero-order valence-corrected chi connectivity index (χ0v) is 11.7. The molecular formula is C15H32. The van der Waals surface area contributed by atoms with Gasteiger partial charge < -0.3 is 0 Å². The van der Waals surface area contributed by atoms with Crippen LogP contribution < -0.4 is 0 Å². The fourth-order valence-electron chi connectivity index (χ4n) is 2.25. The third-order valence-corrected chi connectivity index (χ3v) is 3.98. The zero-order chi connectivity index (χ0) is 11.7. The molecule has 0 N–H and O–H groups in total. The number of rotatable bonds is 9. The first-order valence-electron chi connectivity index (χ1n) is 7.04. The summed E-state index contributed by atoms with van der Waals surface area (Å²) >= 11 is 0. The Labute approximate surface area is 97.8 Å². The summed E-state index contributed by atoms with van der Waals surface area (Å²) in [4.78, 5) is 0. The minimum Gasteiger partial charge on any atom is -0.0654 e. The van der Waals surface area contributed by atoms with E-state index in [4.69, 9.17) is 0 Å². The molecule has 0 aromatic carbocycles. The van der Waals surface area contributed by atoms with Crippen molar-refractivity contribution < 1.29 is 0 Å². The molecule has 0 aliphatic heterocycles. The standard InChI is InChI=1S/C15H32/c1-6-8-9-10-11-13-15(4,5)14(3)12-7-2/h14H,6-13H2,1-5H3. The Morgan fingerprint density at radius 3 is 2.00 bits per heavy atom. The van der Waals surface area contributed by atoms with Crippen LogP contribution in [0.2, 0.25) is 0 Å². The zero-order valence-electron chi connectivity index (χ0n) is 11.7. The Morgan fingerprint density at radius 1 is 0.867 bits per heavy atom. The van der Waals surface area contributed by atoms with Crippen molar-refractivity contribution in [2.24, 2.45) is 11.3 Å². The van der Waals surface area contributed by atoms with E-state index in [9.17, 15) is 0 Å². The molecule has 0 fully saturated rings. The van der Waals surface area contributed by atoms with E-state index in [2.05, 4.69) is 34.6 Å². The lowest BCUT2D eigenvalue weighted by molar-refractivity contribution is 0.192. The molecule has 0 heteroatoms. The molecule has 0 amide bonds. The van der Waals surface area contributed by atoms with Gasteiger partial charge in [0.2, 0.25) is 0 Å². The highest BCUT2D eigenvalue weighted by Crippen LogP contribution is 2.35. The average molecular weight is 212 g/mol. The van der Waals surface area contributed by atoms with Crippen molar-refractivity contribution in [2.45, 2.75) is 86.0 Å². The number of hydrogen-bond acceptors (Lipinski definition) is 0. The molecule has 1 unspecified atom stereocenters.